The number of anilines is 4. The Hall–Kier alpha value is -3.64. The van der Waals surface area contributed by atoms with E-state index in [1.165, 1.54) is 11.8 Å². The van der Waals surface area contributed by atoms with Gasteiger partial charge in [0.15, 0.2) is 22.5 Å². The maximum atomic E-state index is 12.9. The van der Waals surface area contributed by atoms with Gasteiger partial charge in [0.25, 0.3) is 5.91 Å². The minimum absolute atomic E-state index is 0.0496. The van der Waals surface area contributed by atoms with Crippen molar-refractivity contribution in [3.8, 4) is 0 Å². The number of carbonyl (C=O) groups is 2. The number of amides is 2. The van der Waals surface area contributed by atoms with Crippen LogP contribution in [0.1, 0.15) is 35.9 Å². The summed E-state index contributed by atoms with van der Waals surface area (Å²) in [5.41, 5.74) is 8.02. The molecule has 1 aromatic carbocycles. The summed E-state index contributed by atoms with van der Waals surface area (Å²) in [4.78, 5) is 34.7. The minimum atomic E-state index is -0.435. The summed E-state index contributed by atoms with van der Waals surface area (Å²) in [6.45, 7) is 4.04. The number of hydrogen-bond donors (Lipinski definition) is 5. The van der Waals surface area contributed by atoms with Crippen molar-refractivity contribution in [1.29, 1.82) is 0 Å². The quantitative estimate of drug-likeness (QED) is 0.266. The van der Waals surface area contributed by atoms with Gasteiger partial charge in [-0.05, 0) is 62.7 Å². The Morgan fingerprint density at radius 1 is 1.26 bits per heavy atom. The number of nitrogens with zero attached hydrogens (tertiary/aromatic N) is 3. The average Bonchev–Trinajstić information content (AvgIpc) is 3.59. The zero-order valence-corrected chi connectivity index (χ0v) is 20.5. The number of carbonyl (C=O) groups excluding carboxylic acids is 2. The smallest absolute Gasteiger partial charge is 0.272 e. The van der Waals surface area contributed by atoms with Crippen LogP contribution in [0.4, 0.5) is 23.0 Å². The van der Waals surface area contributed by atoms with Gasteiger partial charge in [-0.25, -0.2) is 9.97 Å². The first-order chi connectivity index (χ1) is 16.8. The number of aromatic nitrogens is 4. The van der Waals surface area contributed by atoms with E-state index in [1.807, 2.05) is 38.1 Å². The van der Waals surface area contributed by atoms with Gasteiger partial charge in [-0.2, -0.15) is 5.10 Å². The molecule has 0 saturated heterocycles. The minimum Gasteiger partial charge on any atom is -0.394 e. The molecule has 0 aliphatic heterocycles. The molecule has 0 radical (unpaired) electrons. The maximum Gasteiger partial charge on any atom is 0.272 e. The van der Waals surface area contributed by atoms with E-state index in [4.69, 9.17) is 10.5 Å². The first kappa shape index (κ1) is 24.5. The number of hydrogen-bond acceptors (Lipinski definition) is 9. The van der Waals surface area contributed by atoms with Crippen LogP contribution in [0.15, 0.2) is 40.4 Å². The fraction of sp³-hybridized carbons (Fsp3) is 0.348. The third kappa shape index (κ3) is 6.49. The standard InChI is InChI=1S/C23H28N8O3S/c1-12-10-17(31-30-12)27-20-18(24)19(22(33)25-13(2)11-34-3)28-23(29-20)35-16-8-6-15(7-9-16)26-21(32)14-4-5-14/h6-10,13-14H,4-5,11,24H2,1-3H3,(H,25,33)(H,26,32)(H2,27,28,29,30,31). The van der Waals surface area contributed by atoms with Crippen molar-refractivity contribution in [1.82, 2.24) is 25.5 Å². The summed E-state index contributed by atoms with van der Waals surface area (Å²) in [5, 5.41) is 16.1. The molecule has 6 N–H and O–H groups in total. The van der Waals surface area contributed by atoms with Gasteiger partial charge >= 0.3 is 0 Å². The highest BCUT2D eigenvalue weighted by atomic mass is 32.2. The molecule has 1 atom stereocenters. The second-order valence-electron chi connectivity index (χ2n) is 8.40. The molecule has 2 amide bonds. The van der Waals surface area contributed by atoms with Gasteiger partial charge in [0.05, 0.1) is 6.61 Å². The predicted octanol–water partition coefficient (Wildman–Crippen LogP) is 3.10. The van der Waals surface area contributed by atoms with Crippen LogP contribution in [0, 0.1) is 12.8 Å². The van der Waals surface area contributed by atoms with Crippen molar-refractivity contribution in [2.45, 2.75) is 42.8 Å². The van der Waals surface area contributed by atoms with E-state index in [9.17, 15) is 9.59 Å². The van der Waals surface area contributed by atoms with Crippen LogP contribution in [0.5, 0.6) is 0 Å². The van der Waals surface area contributed by atoms with Gasteiger partial charge in [0, 0.05) is 41.4 Å². The Bertz CT molecular complexity index is 1210. The van der Waals surface area contributed by atoms with Crippen LogP contribution in [0.2, 0.25) is 0 Å². The molecule has 4 rings (SSSR count). The second kappa shape index (κ2) is 10.7. The lowest BCUT2D eigenvalue weighted by Gasteiger charge is -2.15. The Morgan fingerprint density at radius 2 is 2.00 bits per heavy atom. The van der Waals surface area contributed by atoms with Crippen LogP contribution in [-0.4, -0.2) is 51.7 Å². The predicted molar refractivity (Wildman–Crippen MR) is 134 cm³/mol. The Labute approximate surface area is 207 Å². The summed E-state index contributed by atoms with van der Waals surface area (Å²) < 4.78 is 5.10. The number of nitrogens with two attached hydrogens (primary N) is 1. The first-order valence-electron chi connectivity index (χ1n) is 11.2. The number of aromatic amines is 1. The molecule has 1 unspecified atom stereocenters. The molecule has 35 heavy (non-hydrogen) atoms. The highest BCUT2D eigenvalue weighted by molar-refractivity contribution is 7.99. The Balaban J connectivity index is 1.57. The normalized spacial score (nSPS) is 13.8. The average molecular weight is 497 g/mol. The molecule has 1 fully saturated rings. The van der Waals surface area contributed by atoms with E-state index in [0.717, 1.165) is 29.1 Å². The summed E-state index contributed by atoms with van der Waals surface area (Å²) in [6.07, 6.45) is 1.89. The highest BCUT2D eigenvalue weighted by Gasteiger charge is 2.29. The van der Waals surface area contributed by atoms with Crippen LogP contribution < -0.4 is 21.7 Å². The number of aryl methyl sites for hydroxylation is 1. The van der Waals surface area contributed by atoms with Crippen molar-refractivity contribution in [2.24, 2.45) is 5.92 Å². The summed E-state index contributed by atoms with van der Waals surface area (Å²) in [7, 11) is 1.56. The molecular formula is C23H28N8O3S. The fourth-order valence-electron chi connectivity index (χ4n) is 3.25. The summed E-state index contributed by atoms with van der Waals surface area (Å²) >= 11 is 1.27. The van der Waals surface area contributed by atoms with Crippen LogP contribution >= 0.6 is 11.8 Å². The van der Waals surface area contributed by atoms with E-state index in [2.05, 4.69) is 36.1 Å². The molecule has 1 aliphatic carbocycles. The molecule has 3 aromatic rings. The molecular weight excluding hydrogens is 468 g/mol. The van der Waals surface area contributed by atoms with E-state index >= 15 is 0 Å². The van der Waals surface area contributed by atoms with E-state index in [-0.39, 0.29) is 35.1 Å². The lowest BCUT2D eigenvalue weighted by atomic mass is 10.2. The molecule has 1 saturated carbocycles. The molecule has 0 spiro atoms. The summed E-state index contributed by atoms with van der Waals surface area (Å²) in [5.74, 6) is 0.531. The van der Waals surface area contributed by atoms with Crippen molar-refractivity contribution in [2.75, 3.05) is 30.1 Å². The van der Waals surface area contributed by atoms with E-state index in [1.54, 1.807) is 13.2 Å². The number of nitrogen functional groups attached to an aromatic ring is 1. The number of nitrogens with one attached hydrogen (secondary N) is 4. The molecule has 2 aromatic heterocycles. The summed E-state index contributed by atoms with van der Waals surface area (Å²) in [6, 6.07) is 8.93. The van der Waals surface area contributed by atoms with Crippen LogP contribution in [0.3, 0.4) is 0 Å². The van der Waals surface area contributed by atoms with Crippen molar-refractivity contribution in [3.05, 3.63) is 41.7 Å². The van der Waals surface area contributed by atoms with Crippen LogP contribution in [-0.2, 0) is 9.53 Å². The highest BCUT2D eigenvalue weighted by Crippen LogP contribution is 2.32. The molecule has 0 bridgehead atoms. The lowest BCUT2D eigenvalue weighted by molar-refractivity contribution is -0.117. The van der Waals surface area contributed by atoms with Gasteiger partial charge in [0.1, 0.15) is 5.69 Å². The van der Waals surface area contributed by atoms with E-state index < -0.39 is 5.91 Å². The maximum absolute atomic E-state index is 12.9. The monoisotopic (exact) mass is 496 g/mol. The molecule has 2 heterocycles. The van der Waals surface area contributed by atoms with Crippen LogP contribution in [0.25, 0.3) is 0 Å². The Morgan fingerprint density at radius 3 is 2.63 bits per heavy atom. The number of H-pyrrole nitrogens is 1. The molecule has 1 aliphatic rings. The van der Waals surface area contributed by atoms with Crippen molar-refractivity contribution < 1.29 is 14.3 Å². The van der Waals surface area contributed by atoms with Gasteiger partial charge in [-0.1, -0.05) is 0 Å². The van der Waals surface area contributed by atoms with Gasteiger partial charge in [-0.3, -0.25) is 14.7 Å². The topological polar surface area (TPSA) is 160 Å². The van der Waals surface area contributed by atoms with Gasteiger partial charge in [-0.15, -0.1) is 0 Å². The third-order valence-corrected chi connectivity index (χ3v) is 6.04. The molecule has 12 heteroatoms. The van der Waals surface area contributed by atoms with Crippen molar-refractivity contribution in [3.63, 3.8) is 0 Å². The number of methoxy groups -OCH3 is 1. The first-order valence-corrected chi connectivity index (χ1v) is 12.0. The van der Waals surface area contributed by atoms with Crippen molar-refractivity contribution >= 4 is 46.6 Å². The molecule has 184 valence electrons. The fourth-order valence-corrected chi connectivity index (χ4v) is 4.01. The number of ether oxygens (including phenoxy) is 1. The van der Waals surface area contributed by atoms with E-state index in [0.29, 0.717) is 17.6 Å². The number of rotatable bonds is 10. The SMILES string of the molecule is COCC(C)NC(=O)c1nc(Sc2ccc(NC(=O)C3CC3)cc2)nc(Nc2cc(C)[nH]n2)c1N. The third-order valence-electron chi connectivity index (χ3n) is 5.17. The zero-order valence-electron chi connectivity index (χ0n) is 19.7. The largest absolute Gasteiger partial charge is 0.394 e. The molecule has 11 nitrogen and oxygen atoms in total. The van der Waals surface area contributed by atoms with Gasteiger partial charge < -0.3 is 26.4 Å². The Kier molecular flexibility index (Phi) is 7.51. The second-order valence-corrected chi connectivity index (χ2v) is 9.44. The number of benzene rings is 1. The zero-order chi connectivity index (χ0) is 24.9. The lowest BCUT2D eigenvalue weighted by Crippen LogP contribution is -2.36. The van der Waals surface area contributed by atoms with Gasteiger partial charge in [0.2, 0.25) is 5.91 Å².